The van der Waals surface area contributed by atoms with E-state index in [1.165, 1.54) is 11.6 Å². The van der Waals surface area contributed by atoms with E-state index < -0.39 is 22.9 Å². The number of carbonyl (C=O) groups excluding carboxylic acids is 1. The van der Waals surface area contributed by atoms with Gasteiger partial charge in [-0.3, -0.25) is 9.79 Å². The summed E-state index contributed by atoms with van der Waals surface area (Å²) in [4.78, 5) is 23.7. The first kappa shape index (κ1) is 32.2. The van der Waals surface area contributed by atoms with E-state index in [1.807, 2.05) is 18.2 Å². The maximum atomic E-state index is 14.8. The van der Waals surface area contributed by atoms with Crippen molar-refractivity contribution in [2.24, 2.45) is 10.4 Å². The van der Waals surface area contributed by atoms with Gasteiger partial charge in [0.15, 0.2) is 11.7 Å². The second-order valence-electron chi connectivity index (χ2n) is 14.0. The average molecular weight is 636 g/mol. The summed E-state index contributed by atoms with van der Waals surface area (Å²) in [5, 5.41) is 23.9. The van der Waals surface area contributed by atoms with Crippen molar-refractivity contribution in [2.75, 3.05) is 32.7 Å². The Bertz CT molecular complexity index is 1470. The van der Waals surface area contributed by atoms with E-state index in [9.17, 15) is 19.4 Å². The standard InChI is InChI=1S/C37H47ClFN3O3/c1-25-7-4-15-36(2)31(14-16-37(36,45)24-42-20-6-19-41-18-5-17-40-35(41)42)28-13-11-26(21-27(43)12-10-25)22-29(28)34(44)23-30-32(38)8-3-9-33(30)39/h3,7-9,11,13,22,27,31,43,45H,4-6,10,12,14-21,23-24H2,1-2H3/t27-,31-,36-,37+/m0/s1. The smallest absolute Gasteiger partial charge is 0.196 e. The summed E-state index contributed by atoms with van der Waals surface area (Å²) in [6, 6.07) is 10.5. The summed E-state index contributed by atoms with van der Waals surface area (Å²) >= 11 is 6.36. The molecule has 1 saturated heterocycles. The van der Waals surface area contributed by atoms with Gasteiger partial charge in [0.1, 0.15) is 5.82 Å². The van der Waals surface area contributed by atoms with E-state index in [2.05, 4.69) is 29.7 Å². The molecule has 0 radical (unpaired) electrons. The van der Waals surface area contributed by atoms with Crippen LogP contribution in [0.2, 0.25) is 5.02 Å². The molecule has 8 heteroatoms. The lowest BCUT2D eigenvalue weighted by molar-refractivity contribution is -0.0772. The van der Waals surface area contributed by atoms with E-state index in [4.69, 9.17) is 16.6 Å². The highest BCUT2D eigenvalue weighted by molar-refractivity contribution is 6.31. The zero-order chi connectivity index (χ0) is 31.8. The van der Waals surface area contributed by atoms with Crippen molar-refractivity contribution >= 4 is 23.3 Å². The van der Waals surface area contributed by atoms with Crippen LogP contribution < -0.4 is 0 Å². The van der Waals surface area contributed by atoms with Gasteiger partial charge in [0.25, 0.3) is 0 Å². The number of Topliss-reactive ketones (excluding diaryl/α,β-unsaturated/α-hetero) is 1. The van der Waals surface area contributed by atoms with Crippen LogP contribution in [0.25, 0.3) is 0 Å². The van der Waals surface area contributed by atoms with Gasteiger partial charge in [-0.1, -0.05) is 48.4 Å². The van der Waals surface area contributed by atoms with Crippen LogP contribution in [-0.2, 0) is 12.8 Å². The van der Waals surface area contributed by atoms with Crippen LogP contribution in [0, 0.1) is 11.2 Å². The fourth-order valence-electron chi connectivity index (χ4n) is 8.37. The van der Waals surface area contributed by atoms with Gasteiger partial charge in [0.2, 0.25) is 0 Å². The topological polar surface area (TPSA) is 76.4 Å². The number of halogens is 2. The molecule has 242 valence electrons. The van der Waals surface area contributed by atoms with Gasteiger partial charge in [-0.15, -0.1) is 0 Å². The van der Waals surface area contributed by atoms with Gasteiger partial charge in [0.05, 0.1) is 18.2 Å². The van der Waals surface area contributed by atoms with E-state index >= 15 is 0 Å². The number of hydrogen-bond acceptors (Lipinski definition) is 6. The Morgan fingerprint density at radius 1 is 1.13 bits per heavy atom. The lowest BCUT2D eigenvalue weighted by atomic mass is 9.64. The summed E-state index contributed by atoms with van der Waals surface area (Å²) in [5.74, 6) is 0.249. The largest absolute Gasteiger partial charge is 0.393 e. The zero-order valence-electron chi connectivity index (χ0n) is 26.7. The molecule has 1 saturated carbocycles. The molecule has 45 heavy (non-hydrogen) atoms. The summed E-state index contributed by atoms with van der Waals surface area (Å²) < 4.78 is 14.8. The number of aliphatic imine (C=N–C) groups is 1. The number of fused-ring (bicyclic) bond motifs is 9. The van der Waals surface area contributed by atoms with Crippen molar-refractivity contribution in [3.05, 3.63) is 81.1 Å². The van der Waals surface area contributed by atoms with Crippen molar-refractivity contribution in [1.29, 1.82) is 0 Å². The number of rotatable bonds is 5. The minimum absolute atomic E-state index is 0.0812. The highest BCUT2D eigenvalue weighted by Crippen LogP contribution is 2.59. The molecule has 2 aliphatic heterocycles. The van der Waals surface area contributed by atoms with Crippen molar-refractivity contribution in [3.8, 4) is 0 Å². The zero-order valence-corrected chi connectivity index (χ0v) is 27.5. The van der Waals surface area contributed by atoms with Crippen LogP contribution in [0.4, 0.5) is 4.39 Å². The Morgan fingerprint density at radius 3 is 2.78 bits per heavy atom. The molecular formula is C37H47ClFN3O3. The summed E-state index contributed by atoms with van der Waals surface area (Å²) in [6.07, 6.45) is 8.48. The summed E-state index contributed by atoms with van der Waals surface area (Å²) in [7, 11) is 0. The SMILES string of the molecule is CC1=CCC[C@@]2(C)[C@@H](CC[C@@]2(O)CN2CCCN3CCCN=C32)c2ccc(cc2C(=O)Cc2c(F)cccc2Cl)C[C@@H](O)CC1. The molecule has 2 N–H and O–H groups in total. The molecule has 2 aromatic rings. The molecule has 2 fully saturated rings. The highest BCUT2D eigenvalue weighted by atomic mass is 35.5. The molecule has 2 heterocycles. The second kappa shape index (κ2) is 13.2. The molecule has 0 amide bonds. The molecule has 2 bridgehead atoms. The molecule has 6 nitrogen and oxygen atoms in total. The van der Waals surface area contributed by atoms with Crippen LogP contribution in [0.3, 0.4) is 0 Å². The molecule has 4 atom stereocenters. The van der Waals surface area contributed by atoms with Crippen LogP contribution in [0.5, 0.6) is 0 Å². The Labute approximate surface area is 272 Å². The number of guanidine groups is 1. The number of hydrogen-bond donors (Lipinski definition) is 2. The second-order valence-corrected chi connectivity index (χ2v) is 14.5. The predicted octanol–water partition coefficient (Wildman–Crippen LogP) is 6.71. The molecule has 5 aliphatic rings. The third-order valence-corrected chi connectivity index (χ3v) is 11.4. The van der Waals surface area contributed by atoms with Crippen molar-refractivity contribution < 1.29 is 19.4 Å². The van der Waals surface area contributed by atoms with Crippen molar-refractivity contribution in [2.45, 2.75) is 95.7 Å². The fraction of sp³-hybridized carbons (Fsp3) is 0.568. The number of β-amino-alcohol motifs (C(OH)–C–C–N with tert-alkyl or cyclic N) is 1. The first-order valence-electron chi connectivity index (χ1n) is 16.8. The minimum atomic E-state index is -0.997. The molecular weight excluding hydrogens is 589 g/mol. The fourth-order valence-corrected chi connectivity index (χ4v) is 8.60. The van der Waals surface area contributed by atoms with Crippen LogP contribution in [0.1, 0.15) is 98.2 Å². The third-order valence-electron chi connectivity index (χ3n) is 11.1. The number of aliphatic hydroxyl groups excluding tert-OH is 1. The van der Waals surface area contributed by atoms with Crippen LogP contribution in [-0.4, -0.2) is 76.2 Å². The van der Waals surface area contributed by atoms with E-state index in [0.29, 0.717) is 31.4 Å². The molecule has 0 spiro atoms. The first-order valence-corrected chi connectivity index (χ1v) is 17.1. The quantitative estimate of drug-likeness (QED) is 0.282. The number of ketones is 1. The third kappa shape index (κ3) is 6.45. The Kier molecular flexibility index (Phi) is 9.43. The molecule has 2 aromatic carbocycles. The molecule has 0 aromatic heterocycles. The number of carbonyl (C=O) groups is 1. The summed E-state index contributed by atoms with van der Waals surface area (Å²) in [6.45, 7) is 8.57. The predicted molar refractivity (Wildman–Crippen MR) is 178 cm³/mol. The molecule has 3 aliphatic carbocycles. The number of aliphatic hydroxyl groups is 2. The highest BCUT2D eigenvalue weighted by Gasteiger charge is 2.57. The van der Waals surface area contributed by atoms with E-state index in [1.54, 1.807) is 12.1 Å². The van der Waals surface area contributed by atoms with Gasteiger partial charge in [-0.25, -0.2) is 4.39 Å². The van der Waals surface area contributed by atoms with E-state index in [0.717, 1.165) is 81.8 Å². The Balaban J connectivity index is 1.41. The van der Waals surface area contributed by atoms with Gasteiger partial charge in [0, 0.05) is 54.2 Å². The maximum Gasteiger partial charge on any atom is 0.196 e. The lowest BCUT2D eigenvalue weighted by Gasteiger charge is -2.49. The van der Waals surface area contributed by atoms with Gasteiger partial charge >= 0.3 is 0 Å². The van der Waals surface area contributed by atoms with Crippen molar-refractivity contribution in [1.82, 2.24) is 9.80 Å². The first-order chi connectivity index (χ1) is 21.6. The Morgan fingerprint density at radius 2 is 1.96 bits per heavy atom. The van der Waals surface area contributed by atoms with Gasteiger partial charge in [-0.05, 0) is 100.0 Å². The lowest BCUT2D eigenvalue weighted by Crippen LogP contribution is -2.59. The number of allylic oxidation sites excluding steroid dienone is 2. The van der Waals surface area contributed by atoms with Gasteiger partial charge < -0.3 is 20.0 Å². The summed E-state index contributed by atoms with van der Waals surface area (Å²) in [5.41, 5.74) is 2.25. The average Bonchev–Trinajstić information content (AvgIpc) is 3.27. The maximum absolute atomic E-state index is 14.8. The minimum Gasteiger partial charge on any atom is -0.393 e. The van der Waals surface area contributed by atoms with Crippen LogP contribution >= 0.6 is 11.6 Å². The molecule has 0 unspecified atom stereocenters. The molecule has 7 rings (SSSR count). The normalized spacial score (nSPS) is 29.0. The number of nitrogens with zero attached hydrogens (tertiary/aromatic N) is 3. The van der Waals surface area contributed by atoms with Crippen molar-refractivity contribution in [3.63, 3.8) is 0 Å². The monoisotopic (exact) mass is 635 g/mol. The van der Waals surface area contributed by atoms with Crippen LogP contribution in [0.15, 0.2) is 53.0 Å². The number of benzene rings is 2. The Hall–Kier alpha value is -2.74. The van der Waals surface area contributed by atoms with E-state index in [-0.39, 0.29) is 28.7 Å². The van der Waals surface area contributed by atoms with Gasteiger partial charge in [-0.2, -0.15) is 0 Å².